The zero-order valence-electron chi connectivity index (χ0n) is 17.7. The predicted octanol–water partition coefficient (Wildman–Crippen LogP) is 3.27. The van der Waals surface area contributed by atoms with Gasteiger partial charge in [-0.2, -0.15) is 4.31 Å². The minimum absolute atomic E-state index is 0.189. The van der Waals surface area contributed by atoms with Crippen molar-refractivity contribution in [1.29, 1.82) is 0 Å². The van der Waals surface area contributed by atoms with Crippen molar-refractivity contribution in [3.05, 3.63) is 84.7 Å². The number of ether oxygens (including phenoxy) is 1. The fraction of sp³-hybridized carbons (Fsp3) is 0.167. The van der Waals surface area contributed by atoms with Crippen LogP contribution in [-0.4, -0.2) is 54.3 Å². The van der Waals surface area contributed by atoms with Crippen molar-refractivity contribution in [1.82, 2.24) is 13.7 Å². The summed E-state index contributed by atoms with van der Waals surface area (Å²) >= 11 is 0. The summed E-state index contributed by atoms with van der Waals surface area (Å²) in [5.41, 5.74) is 3.45. The Morgan fingerprint density at radius 1 is 0.970 bits per heavy atom. The molecule has 2 aromatic heterocycles. The third-order valence-electron chi connectivity index (χ3n) is 5.51. The predicted molar refractivity (Wildman–Crippen MR) is 125 cm³/mol. The standard InChI is InChI=1S/C24H22N4O4S/c29-24(19-10-11-27-17-22(26-23(27)16-19)18-4-2-1-3-5-18)25-20-6-8-21(9-7-20)33(30,31)28-12-14-32-15-13-28/h1-11,16-17H,12-15H2,(H,25,29). The Morgan fingerprint density at radius 2 is 1.70 bits per heavy atom. The Kier molecular flexibility index (Phi) is 5.67. The molecule has 1 aliphatic rings. The van der Waals surface area contributed by atoms with Gasteiger partial charge in [-0.15, -0.1) is 0 Å². The summed E-state index contributed by atoms with van der Waals surface area (Å²) in [5.74, 6) is -0.300. The monoisotopic (exact) mass is 462 g/mol. The number of morpholine rings is 1. The van der Waals surface area contributed by atoms with E-state index >= 15 is 0 Å². The number of anilines is 1. The largest absolute Gasteiger partial charge is 0.379 e. The van der Waals surface area contributed by atoms with Gasteiger partial charge in [-0.25, -0.2) is 13.4 Å². The van der Waals surface area contributed by atoms with Crippen LogP contribution in [0.3, 0.4) is 0 Å². The number of carbonyl (C=O) groups excluding carboxylic acids is 1. The number of hydrogen-bond acceptors (Lipinski definition) is 5. The van der Waals surface area contributed by atoms with Gasteiger partial charge in [0.15, 0.2) is 0 Å². The fourth-order valence-corrected chi connectivity index (χ4v) is 5.13. The van der Waals surface area contributed by atoms with Gasteiger partial charge in [0, 0.05) is 42.3 Å². The maximum Gasteiger partial charge on any atom is 0.255 e. The van der Waals surface area contributed by atoms with Gasteiger partial charge >= 0.3 is 0 Å². The first-order chi connectivity index (χ1) is 16.0. The second-order valence-corrected chi connectivity index (χ2v) is 9.61. The Bertz CT molecular complexity index is 1390. The van der Waals surface area contributed by atoms with Crippen LogP contribution in [0.5, 0.6) is 0 Å². The molecule has 0 spiro atoms. The number of pyridine rings is 1. The van der Waals surface area contributed by atoms with E-state index in [2.05, 4.69) is 10.3 Å². The van der Waals surface area contributed by atoms with E-state index in [4.69, 9.17) is 4.74 Å². The number of imidazole rings is 1. The molecule has 33 heavy (non-hydrogen) atoms. The Morgan fingerprint density at radius 3 is 2.42 bits per heavy atom. The van der Waals surface area contributed by atoms with Gasteiger partial charge in [-0.1, -0.05) is 30.3 Å². The van der Waals surface area contributed by atoms with E-state index in [1.165, 1.54) is 16.4 Å². The number of amides is 1. The summed E-state index contributed by atoms with van der Waals surface area (Å²) in [6.07, 6.45) is 3.71. The molecular formula is C24H22N4O4S. The zero-order chi connectivity index (χ0) is 22.8. The molecule has 0 atom stereocenters. The molecule has 3 heterocycles. The van der Waals surface area contributed by atoms with Crippen molar-refractivity contribution < 1.29 is 17.9 Å². The van der Waals surface area contributed by atoms with Crippen LogP contribution >= 0.6 is 0 Å². The molecule has 0 saturated carbocycles. The van der Waals surface area contributed by atoms with Crippen molar-refractivity contribution in [3.63, 3.8) is 0 Å². The van der Waals surface area contributed by atoms with Gasteiger partial charge in [0.25, 0.3) is 5.91 Å². The number of sulfonamides is 1. The topological polar surface area (TPSA) is 93.0 Å². The number of nitrogens with zero attached hydrogens (tertiary/aromatic N) is 3. The summed E-state index contributed by atoms with van der Waals surface area (Å²) in [7, 11) is -3.57. The molecule has 1 N–H and O–H groups in total. The number of nitrogens with one attached hydrogen (secondary N) is 1. The van der Waals surface area contributed by atoms with Crippen molar-refractivity contribution in [3.8, 4) is 11.3 Å². The average Bonchev–Trinajstić information content (AvgIpc) is 3.29. The van der Waals surface area contributed by atoms with E-state index in [0.717, 1.165) is 11.3 Å². The molecular weight excluding hydrogens is 440 g/mol. The molecule has 0 aliphatic carbocycles. The van der Waals surface area contributed by atoms with Gasteiger partial charge in [0.2, 0.25) is 10.0 Å². The molecule has 1 fully saturated rings. The third kappa shape index (κ3) is 4.38. The minimum atomic E-state index is -3.57. The first-order valence-electron chi connectivity index (χ1n) is 10.5. The fourth-order valence-electron chi connectivity index (χ4n) is 3.72. The molecule has 168 valence electrons. The molecule has 1 saturated heterocycles. The number of carbonyl (C=O) groups is 1. The first kappa shape index (κ1) is 21.3. The van der Waals surface area contributed by atoms with Crippen molar-refractivity contribution in [2.75, 3.05) is 31.6 Å². The number of benzene rings is 2. The SMILES string of the molecule is O=C(Nc1ccc(S(=O)(=O)N2CCOCC2)cc1)c1ccn2cc(-c3ccccc3)nc2c1. The summed E-state index contributed by atoms with van der Waals surface area (Å²) in [4.78, 5) is 17.6. The first-order valence-corrected chi connectivity index (χ1v) is 12.0. The lowest BCUT2D eigenvalue weighted by Crippen LogP contribution is -2.40. The molecule has 1 amide bonds. The minimum Gasteiger partial charge on any atom is -0.379 e. The molecule has 2 aromatic carbocycles. The van der Waals surface area contributed by atoms with Crippen molar-refractivity contribution in [2.24, 2.45) is 0 Å². The van der Waals surface area contributed by atoms with E-state index in [0.29, 0.717) is 43.2 Å². The maximum absolute atomic E-state index is 12.8. The smallest absolute Gasteiger partial charge is 0.255 e. The number of aromatic nitrogens is 2. The van der Waals surface area contributed by atoms with E-state index in [1.807, 2.05) is 40.9 Å². The maximum atomic E-state index is 12.8. The molecule has 0 bridgehead atoms. The Labute approximate surface area is 191 Å². The molecule has 0 unspecified atom stereocenters. The van der Waals surface area contributed by atoms with Crippen LogP contribution in [-0.2, 0) is 14.8 Å². The second-order valence-electron chi connectivity index (χ2n) is 7.67. The number of hydrogen-bond donors (Lipinski definition) is 1. The van der Waals surface area contributed by atoms with Crippen LogP contribution in [0.15, 0.2) is 84.0 Å². The Balaban J connectivity index is 1.32. The van der Waals surface area contributed by atoms with Gasteiger partial charge < -0.3 is 14.5 Å². The van der Waals surface area contributed by atoms with E-state index in [-0.39, 0.29) is 10.8 Å². The lowest BCUT2D eigenvalue weighted by atomic mass is 10.2. The van der Waals surface area contributed by atoms with E-state index in [1.54, 1.807) is 30.5 Å². The highest BCUT2D eigenvalue weighted by atomic mass is 32.2. The molecule has 1 aliphatic heterocycles. The van der Waals surface area contributed by atoms with E-state index in [9.17, 15) is 13.2 Å². The van der Waals surface area contributed by atoms with Gasteiger partial charge in [-0.05, 0) is 36.4 Å². The summed E-state index contributed by atoms with van der Waals surface area (Å²) in [6, 6.07) is 19.5. The number of fused-ring (bicyclic) bond motifs is 1. The highest BCUT2D eigenvalue weighted by Crippen LogP contribution is 2.21. The lowest BCUT2D eigenvalue weighted by molar-refractivity contribution is 0.0730. The Hall–Kier alpha value is -3.53. The highest BCUT2D eigenvalue weighted by molar-refractivity contribution is 7.89. The molecule has 5 rings (SSSR count). The second kappa shape index (κ2) is 8.78. The summed E-state index contributed by atoms with van der Waals surface area (Å²) in [5, 5.41) is 2.82. The van der Waals surface area contributed by atoms with Crippen molar-refractivity contribution >= 4 is 27.3 Å². The van der Waals surface area contributed by atoms with Crippen LogP contribution in [0.1, 0.15) is 10.4 Å². The average molecular weight is 463 g/mol. The third-order valence-corrected chi connectivity index (χ3v) is 7.42. The molecule has 0 radical (unpaired) electrons. The van der Waals surface area contributed by atoms with Gasteiger partial charge in [-0.3, -0.25) is 4.79 Å². The van der Waals surface area contributed by atoms with Crippen molar-refractivity contribution in [2.45, 2.75) is 4.90 Å². The van der Waals surface area contributed by atoms with Crippen LogP contribution in [0.4, 0.5) is 5.69 Å². The lowest BCUT2D eigenvalue weighted by Gasteiger charge is -2.26. The molecule has 9 heteroatoms. The van der Waals surface area contributed by atoms with Gasteiger partial charge in [0.1, 0.15) is 5.65 Å². The summed E-state index contributed by atoms with van der Waals surface area (Å²) < 4.78 is 34.0. The molecule has 8 nitrogen and oxygen atoms in total. The normalized spacial score (nSPS) is 14.9. The zero-order valence-corrected chi connectivity index (χ0v) is 18.5. The van der Waals surface area contributed by atoms with Gasteiger partial charge in [0.05, 0.1) is 23.8 Å². The number of rotatable bonds is 5. The van der Waals surface area contributed by atoms with E-state index < -0.39 is 10.0 Å². The van der Waals surface area contributed by atoms with Crippen LogP contribution < -0.4 is 5.32 Å². The van der Waals surface area contributed by atoms with Crippen LogP contribution in [0.2, 0.25) is 0 Å². The highest BCUT2D eigenvalue weighted by Gasteiger charge is 2.26. The van der Waals surface area contributed by atoms with Crippen LogP contribution in [0, 0.1) is 0 Å². The summed E-state index contributed by atoms with van der Waals surface area (Å²) in [6.45, 7) is 1.45. The molecule has 4 aromatic rings. The quantitative estimate of drug-likeness (QED) is 0.491. The van der Waals surface area contributed by atoms with Crippen LogP contribution in [0.25, 0.3) is 16.9 Å².